The van der Waals surface area contributed by atoms with Crippen LogP contribution in [0.1, 0.15) is 37.0 Å². The molecule has 6 nitrogen and oxygen atoms in total. The van der Waals surface area contributed by atoms with E-state index in [-0.39, 0.29) is 12.5 Å². The number of carbonyl (C=O) groups excluding carboxylic acids is 3. The van der Waals surface area contributed by atoms with Gasteiger partial charge in [-0.15, -0.1) is 0 Å². The summed E-state index contributed by atoms with van der Waals surface area (Å²) in [6.07, 6.45) is 3.14. The molecule has 1 saturated heterocycles. The maximum atomic E-state index is 13.4. The maximum Gasteiger partial charge on any atom is 0.325 e. The first-order valence-electron chi connectivity index (χ1n) is 11.5. The number of carbonyl (C=O) groups is 3. The van der Waals surface area contributed by atoms with Crippen molar-refractivity contribution in [2.24, 2.45) is 0 Å². The summed E-state index contributed by atoms with van der Waals surface area (Å²) in [5.41, 5.74) is 2.90. The Hall–Kier alpha value is -3.67. The van der Waals surface area contributed by atoms with Crippen molar-refractivity contribution in [3.63, 3.8) is 0 Å². The first-order chi connectivity index (χ1) is 15.9. The standard InChI is InChI=1S/C27H27N3O3/c1-3-29(23-13-7-10-19-8-4-5-12-22(19)23)24(31)17-30-25(32)27(2,28-26(30)33)21-15-14-18-9-6-11-20(18)16-21/h4-5,7-8,10,12-16H,3,6,9,11,17H2,1-2H3,(H,28,33). The summed E-state index contributed by atoms with van der Waals surface area (Å²) >= 11 is 0. The van der Waals surface area contributed by atoms with Crippen LogP contribution in [0.4, 0.5) is 10.5 Å². The lowest BCUT2D eigenvalue weighted by molar-refractivity contribution is -0.134. The number of urea groups is 1. The fourth-order valence-electron chi connectivity index (χ4n) is 5.06. The van der Waals surface area contributed by atoms with E-state index in [0.29, 0.717) is 6.54 Å². The molecule has 1 fully saturated rings. The Morgan fingerprint density at radius 3 is 2.61 bits per heavy atom. The van der Waals surface area contributed by atoms with E-state index < -0.39 is 17.5 Å². The van der Waals surface area contributed by atoms with E-state index in [1.165, 1.54) is 11.1 Å². The van der Waals surface area contributed by atoms with E-state index in [1.54, 1.807) is 11.8 Å². The van der Waals surface area contributed by atoms with Gasteiger partial charge in [0, 0.05) is 11.9 Å². The molecule has 1 atom stereocenters. The number of nitrogens with one attached hydrogen (secondary N) is 1. The van der Waals surface area contributed by atoms with Crippen LogP contribution in [0.25, 0.3) is 10.8 Å². The van der Waals surface area contributed by atoms with Crippen LogP contribution in [0.3, 0.4) is 0 Å². The normalized spacial score (nSPS) is 19.6. The van der Waals surface area contributed by atoms with Crippen molar-refractivity contribution in [2.45, 2.75) is 38.6 Å². The van der Waals surface area contributed by atoms with Crippen LogP contribution in [0.15, 0.2) is 60.7 Å². The number of hydrogen-bond acceptors (Lipinski definition) is 3. The molecule has 0 saturated carbocycles. The van der Waals surface area contributed by atoms with E-state index in [9.17, 15) is 14.4 Å². The van der Waals surface area contributed by atoms with Gasteiger partial charge in [-0.05, 0) is 61.3 Å². The first-order valence-corrected chi connectivity index (χ1v) is 11.5. The van der Waals surface area contributed by atoms with Gasteiger partial charge in [0.25, 0.3) is 5.91 Å². The third kappa shape index (κ3) is 3.46. The summed E-state index contributed by atoms with van der Waals surface area (Å²) in [6, 6.07) is 19.1. The molecule has 3 aromatic carbocycles. The second-order valence-corrected chi connectivity index (χ2v) is 8.92. The van der Waals surface area contributed by atoms with E-state index in [2.05, 4.69) is 11.4 Å². The van der Waals surface area contributed by atoms with Crippen molar-refractivity contribution in [1.82, 2.24) is 10.2 Å². The first kappa shape index (κ1) is 21.2. The highest BCUT2D eigenvalue weighted by atomic mass is 16.2. The molecule has 0 aromatic heterocycles. The summed E-state index contributed by atoms with van der Waals surface area (Å²) in [5, 5.41) is 4.82. The number of fused-ring (bicyclic) bond motifs is 2. The van der Waals surface area contributed by atoms with E-state index in [1.807, 2.05) is 61.5 Å². The summed E-state index contributed by atoms with van der Waals surface area (Å²) < 4.78 is 0. The highest BCUT2D eigenvalue weighted by Gasteiger charge is 2.50. The van der Waals surface area contributed by atoms with Crippen molar-refractivity contribution < 1.29 is 14.4 Å². The number of hydrogen-bond donors (Lipinski definition) is 1. The molecule has 1 aliphatic heterocycles. The Morgan fingerprint density at radius 2 is 1.79 bits per heavy atom. The summed E-state index contributed by atoms with van der Waals surface area (Å²) in [5.74, 6) is -0.691. The molecule has 1 aliphatic carbocycles. The fourth-order valence-corrected chi connectivity index (χ4v) is 5.06. The summed E-state index contributed by atoms with van der Waals surface area (Å²) in [4.78, 5) is 42.2. The van der Waals surface area contributed by atoms with Crippen LogP contribution >= 0.6 is 0 Å². The van der Waals surface area contributed by atoms with E-state index >= 15 is 0 Å². The Morgan fingerprint density at radius 1 is 1.03 bits per heavy atom. The van der Waals surface area contributed by atoms with E-state index in [4.69, 9.17) is 0 Å². The molecular weight excluding hydrogens is 414 g/mol. The predicted octanol–water partition coefficient (Wildman–Crippen LogP) is 4.15. The van der Waals surface area contributed by atoms with Crippen LogP contribution in [0.5, 0.6) is 0 Å². The Labute approximate surface area is 193 Å². The highest BCUT2D eigenvalue weighted by molar-refractivity contribution is 6.11. The topological polar surface area (TPSA) is 69.7 Å². The monoisotopic (exact) mass is 441 g/mol. The van der Waals surface area contributed by atoms with Gasteiger partial charge in [-0.3, -0.25) is 14.5 Å². The summed E-state index contributed by atoms with van der Waals surface area (Å²) in [6.45, 7) is 3.73. The molecular formula is C27H27N3O3. The van der Waals surface area contributed by atoms with Gasteiger partial charge < -0.3 is 10.2 Å². The van der Waals surface area contributed by atoms with Gasteiger partial charge in [-0.1, -0.05) is 54.6 Å². The molecule has 3 aromatic rings. The number of amides is 4. The lowest BCUT2D eigenvalue weighted by Crippen LogP contribution is -2.44. The van der Waals surface area contributed by atoms with Gasteiger partial charge in [0.05, 0.1) is 5.69 Å². The zero-order valence-corrected chi connectivity index (χ0v) is 18.9. The molecule has 33 heavy (non-hydrogen) atoms. The molecule has 6 heteroatoms. The molecule has 168 valence electrons. The number of anilines is 1. The average Bonchev–Trinajstić information content (AvgIpc) is 3.38. The zero-order valence-electron chi connectivity index (χ0n) is 18.9. The minimum atomic E-state index is -1.18. The van der Waals surface area contributed by atoms with Crippen LogP contribution in [-0.4, -0.2) is 35.8 Å². The number of aryl methyl sites for hydroxylation is 2. The maximum absolute atomic E-state index is 13.4. The number of rotatable bonds is 5. The van der Waals surface area contributed by atoms with Crippen LogP contribution < -0.4 is 10.2 Å². The molecule has 2 aliphatic rings. The van der Waals surface area contributed by atoms with Gasteiger partial charge in [-0.25, -0.2) is 4.79 Å². The molecule has 4 amide bonds. The van der Waals surface area contributed by atoms with E-state index in [0.717, 1.165) is 46.2 Å². The van der Waals surface area contributed by atoms with Gasteiger partial charge in [0.2, 0.25) is 5.91 Å². The highest BCUT2D eigenvalue weighted by Crippen LogP contribution is 2.33. The Bertz CT molecular complexity index is 1280. The zero-order chi connectivity index (χ0) is 23.2. The molecule has 1 N–H and O–H groups in total. The Balaban J connectivity index is 1.41. The molecule has 0 radical (unpaired) electrons. The van der Waals surface area contributed by atoms with Crippen molar-refractivity contribution in [1.29, 1.82) is 0 Å². The summed E-state index contributed by atoms with van der Waals surface area (Å²) in [7, 11) is 0. The van der Waals surface area contributed by atoms with Gasteiger partial charge in [0.1, 0.15) is 12.1 Å². The third-order valence-corrected chi connectivity index (χ3v) is 6.92. The third-order valence-electron chi connectivity index (χ3n) is 6.92. The number of likely N-dealkylation sites (N-methyl/N-ethyl adjacent to an activating group) is 1. The lowest BCUT2D eigenvalue weighted by Gasteiger charge is -2.26. The second kappa shape index (κ2) is 8.03. The quantitative estimate of drug-likeness (QED) is 0.605. The van der Waals surface area contributed by atoms with Crippen molar-refractivity contribution >= 4 is 34.3 Å². The largest absolute Gasteiger partial charge is 0.325 e. The SMILES string of the molecule is CCN(C(=O)CN1C(=O)NC(C)(c2ccc3c(c2)CCC3)C1=O)c1cccc2ccccc12. The van der Waals surface area contributed by atoms with Crippen LogP contribution in [-0.2, 0) is 28.0 Å². The van der Waals surface area contributed by atoms with Gasteiger partial charge >= 0.3 is 6.03 Å². The van der Waals surface area contributed by atoms with Crippen molar-refractivity contribution in [3.05, 3.63) is 77.4 Å². The van der Waals surface area contributed by atoms with Crippen LogP contribution in [0.2, 0.25) is 0 Å². The van der Waals surface area contributed by atoms with Gasteiger partial charge in [0.15, 0.2) is 0 Å². The molecule has 1 heterocycles. The number of imide groups is 1. The predicted molar refractivity (Wildman–Crippen MR) is 128 cm³/mol. The molecule has 1 unspecified atom stereocenters. The second-order valence-electron chi connectivity index (χ2n) is 8.92. The minimum absolute atomic E-state index is 0.296. The smallest absolute Gasteiger partial charge is 0.319 e. The molecule has 5 rings (SSSR count). The number of nitrogens with zero attached hydrogens (tertiary/aromatic N) is 2. The van der Waals surface area contributed by atoms with Crippen molar-refractivity contribution in [2.75, 3.05) is 18.0 Å². The van der Waals surface area contributed by atoms with Gasteiger partial charge in [-0.2, -0.15) is 0 Å². The Kier molecular flexibility index (Phi) is 5.16. The number of benzene rings is 3. The minimum Gasteiger partial charge on any atom is -0.319 e. The molecule has 0 bridgehead atoms. The average molecular weight is 442 g/mol. The van der Waals surface area contributed by atoms with Crippen molar-refractivity contribution in [3.8, 4) is 0 Å². The fraction of sp³-hybridized carbons (Fsp3) is 0.296. The lowest BCUT2D eigenvalue weighted by atomic mass is 9.89. The van der Waals surface area contributed by atoms with Crippen LogP contribution in [0, 0.1) is 0 Å². The molecule has 0 spiro atoms.